The number of nitrogens with zero attached hydrogens (tertiary/aromatic N) is 2. The fourth-order valence-corrected chi connectivity index (χ4v) is 6.51. The molecule has 0 amide bonds. The van der Waals surface area contributed by atoms with Crippen LogP contribution in [-0.2, 0) is 32.2 Å². The van der Waals surface area contributed by atoms with Crippen LogP contribution in [-0.4, -0.2) is 48.0 Å². The van der Waals surface area contributed by atoms with E-state index in [-0.39, 0.29) is 48.9 Å². The standard InChI is InChI=1S/C41H50N2O4/c1-32(36-22-13-7-14-23-36)42(30-34-18-9-5-10-19-34)38(28-40(44)46-3)26-17-27-39(29-41(45)47-4)43(31-35-20-11-6-12-21-35)33(2)37-24-15-8-16-25-37/h5-16,18-25,32-33,38-39H,17,26-31H2,1-4H3/t32-,33-,38-,39-/m1/s1. The summed E-state index contributed by atoms with van der Waals surface area (Å²) in [5, 5.41) is 0. The van der Waals surface area contributed by atoms with E-state index >= 15 is 0 Å². The van der Waals surface area contributed by atoms with E-state index in [1.807, 2.05) is 24.3 Å². The van der Waals surface area contributed by atoms with Crippen LogP contribution in [0, 0.1) is 0 Å². The molecule has 0 saturated carbocycles. The summed E-state index contributed by atoms with van der Waals surface area (Å²) in [5.41, 5.74) is 4.79. The Bertz CT molecular complexity index is 1350. The van der Waals surface area contributed by atoms with Crippen molar-refractivity contribution in [1.29, 1.82) is 0 Å². The number of rotatable bonds is 18. The molecule has 0 saturated heterocycles. The average molecular weight is 635 g/mol. The maximum Gasteiger partial charge on any atom is 0.307 e. The molecule has 0 unspecified atom stereocenters. The van der Waals surface area contributed by atoms with Crippen LogP contribution in [0.25, 0.3) is 0 Å². The minimum Gasteiger partial charge on any atom is -0.469 e. The third-order valence-corrected chi connectivity index (χ3v) is 9.25. The number of ether oxygens (including phenoxy) is 2. The highest BCUT2D eigenvalue weighted by Crippen LogP contribution is 2.32. The zero-order chi connectivity index (χ0) is 33.4. The van der Waals surface area contributed by atoms with Crippen molar-refractivity contribution in [3.8, 4) is 0 Å². The Hall–Kier alpha value is -4.26. The van der Waals surface area contributed by atoms with Crippen molar-refractivity contribution >= 4 is 11.9 Å². The van der Waals surface area contributed by atoms with E-state index < -0.39 is 0 Å². The molecule has 47 heavy (non-hydrogen) atoms. The number of carbonyl (C=O) groups is 2. The predicted molar refractivity (Wildman–Crippen MR) is 188 cm³/mol. The zero-order valence-corrected chi connectivity index (χ0v) is 28.3. The number of hydrogen-bond acceptors (Lipinski definition) is 6. The summed E-state index contributed by atoms with van der Waals surface area (Å²) in [6.45, 7) is 5.84. The summed E-state index contributed by atoms with van der Waals surface area (Å²) < 4.78 is 10.4. The largest absolute Gasteiger partial charge is 0.469 e. The Morgan fingerprint density at radius 1 is 0.532 bits per heavy atom. The molecule has 0 heterocycles. The number of methoxy groups -OCH3 is 2. The van der Waals surface area contributed by atoms with Gasteiger partial charge in [0.25, 0.3) is 0 Å². The monoisotopic (exact) mass is 634 g/mol. The molecule has 0 bridgehead atoms. The first-order valence-corrected chi connectivity index (χ1v) is 16.7. The van der Waals surface area contributed by atoms with Crippen molar-refractivity contribution in [2.24, 2.45) is 0 Å². The first-order chi connectivity index (χ1) is 22.9. The van der Waals surface area contributed by atoms with Crippen molar-refractivity contribution in [1.82, 2.24) is 9.80 Å². The van der Waals surface area contributed by atoms with E-state index in [4.69, 9.17) is 9.47 Å². The number of esters is 2. The molecule has 0 N–H and O–H groups in total. The summed E-state index contributed by atoms with van der Waals surface area (Å²) in [6.07, 6.45) is 2.95. The van der Waals surface area contributed by atoms with E-state index in [9.17, 15) is 9.59 Å². The topological polar surface area (TPSA) is 59.1 Å². The van der Waals surface area contributed by atoms with Crippen LogP contribution in [0.3, 0.4) is 0 Å². The van der Waals surface area contributed by atoms with E-state index in [1.54, 1.807) is 0 Å². The van der Waals surface area contributed by atoms with Gasteiger partial charge in [-0.1, -0.05) is 128 Å². The second-order valence-electron chi connectivity index (χ2n) is 12.3. The van der Waals surface area contributed by atoms with Crippen LogP contribution < -0.4 is 0 Å². The molecule has 0 aliphatic heterocycles. The fourth-order valence-electron chi connectivity index (χ4n) is 6.51. The van der Waals surface area contributed by atoms with Crippen LogP contribution in [0.1, 0.15) is 80.3 Å². The van der Waals surface area contributed by atoms with E-state index in [0.29, 0.717) is 13.1 Å². The van der Waals surface area contributed by atoms with Gasteiger partial charge in [-0.15, -0.1) is 0 Å². The molecule has 0 spiro atoms. The molecule has 0 aromatic heterocycles. The normalized spacial score (nSPS) is 13.9. The van der Waals surface area contributed by atoms with Crippen LogP contribution in [0.15, 0.2) is 121 Å². The van der Waals surface area contributed by atoms with Gasteiger partial charge in [0.1, 0.15) is 0 Å². The number of carbonyl (C=O) groups excluding carboxylic acids is 2. The Morgan fingerprint density at radius 3 is 1.17 bits per heavy atom. The molecule has 248 valence electrons. The van der Waals surface area contributed by atoms with Crippen LogP contribution in [0.2, 0.25) is 0 Å². The van der Waals surface area contributed by atoms with Crippen LogP contribution >= 0.6 is 0 Å². The fraction of sp³-hybridized carbons (Fsp3) is 0.366. The Balaban J connectivity index is 1.62. The molecule has 0 fully saturated rings. The highest BCUT2D eigenvalue weighted by atomic mass is 16.5. The van der Waals surface area contributed by atoms with Gasteiger partial charge in [-0.2, -0.15) is 0 Å². The van der Waals surface area contributed by atoms with Gasteiger partial charge in [0, 0.05) is 37.3 Å². The SMILES string of the molecule is COC(=O)C[C@@H](CCC[C@H](CC(=O)OC)N(Cc1ccccc1)[C@H](C)c1ccccc1)N(Cc1ccccc1)[C@H](C)c1ccccc1. The molecule has 6 heteroatoms. The second kappa shape index (κ2) is 18.8. The number of benzene rings is 4. The molecule has 4 aromatic rings. The van der Waals surface area contributed by atoms with E-state index in [1.165, 1.54) is 36.5 Å². The molecular formula is C41H50N2O4. The third kappa shape index (κ3) is 10.9. The van der Waals surface area contributed by atoms with E-state index in [2.05, 4.69) is 121 Å². The van der Waals surface area contributed by atoms with E-state index in [0.717, 1.165) is 19.3 Å². The maximum atomic E-state index is 12.9. The Morgan fingerprint density at radius 2 is 0.851 bits per heavy atom. The van der Waals surface area contributed by atoms with Crippen molar-refractivity contribution in [3.63, 3.8) is 0 Å². The highest BCUT2D eigenvalue weighted by molar-refractivity contribution is 5.70. The Labute approximate surface area is 281 Å². The van der Waals surface area contributed by atoms with Gasteiger partial charge in [-0.3, -0.25) is 19.4 Å². The first kappa shape index (κ1) is 35.6. The smallest absolute Gasteiger partial charge is 0.307 e. The van der Waals surface area contributed by atoms with Crippen molar-refractivity contribution in [2.75, 3.05) is 14.2 Å². The molecule has 4 atom stereocenters. The van der Waals surface area contributed by atoms with Gasteiger partial charge in [-0.25, -0.2) is 0 Å². The zero-order valence-electron chi connectivity index (χ0n) is 28.3. The van der Waals surface area contributed by atoms with Crippen LogP contribution in [0.4, 0.5) is 0 Å². The number of hydrogen-bond donors (Lipinski definition) is 0. The second-order valence-corrected chi connectivity index (χ2v) is 12.3. The predicted octanol–water partition coefficient (Wildman–Crippen LogP) is 8.55. The van der Waals surface area contributed by atoms with Gasteiger partial charge in [0.05, 0.1) is 27.1 Å². The summed E-state index contributed by atoms with van der Waals surface area (Å²) >= 11 is 0. The third-order valence-electron chi connectivity index (χ3n) is 9.25. The average Bonchev–Trinajstić information content (AvgIpc) is 3.13. The molecule has 4 aromatic carbocycles. The van der Waals surface area contributed by atoms with Gasteiger partial charge in [0.15, 0.2) is 0 Å². The van der Waals surface area contributed by atoms with Gasteiger partial charge < -0.3 is 9.47 Å². The molecule has 0 radical (unpaired) electrons. The lowest BCUT2D eigenvalue weighted by Crippen LogP contribution is -2.40. The minimum absolute atomic E-state index is 0.0641. The molecule has 4 rings (SSSR count). The minimum atomic E-state index is -0.220. The summed E-state index contributed by atoms with van der Waals surface area (Å²) in [5.74, 6) is -0.439. The molecule has 0 aliphatic rings. The van der Waals surface area contributed by atoms with Gasteiger partial charge in [0.2, 0.25) is 0 Å². The van der Waals surface area contributed by atoms with Gasteiger partial charge >= 0.3 is 11.9 Å². The summed E-state index contributed by atoms with van der Waals surface area (Å²) in [6, 6.07) is 41.8. The maximum absolute atomic E-state index is 12.9. The van der Waals surface area contributed by atoms with Gasteiger partial charge in [-0.05, 0) is 48.9 Å². The Kier molecular flexibility index (Phi) is 14.2. The van der Waals surface area contributed by atoms with Crippen LogP contribution in [0.5, 0.6) is 0 Å². The quantitative estimate of drug-likeness (QED) is 0.102. The first-order valence-electron chi connectivity index (χ1n) is 16.7. The molecule has 6 nitrogen and oxygen atoms in total. The lowest BCUT2D eigenvalue weighted by atomic mass is 9.94. The molecule has 0 aliphatic carbocycles. The highest BCUT2D eigenvalue weighted by Gasteiger charge is 2.30. The van der Waals surface area contributed by atoms with Crippen molar-refractivity contribution in [3.05, 3.63) is 144 Å². The lowest BCUT2D eigenvalue weighted by Gasteiger charge is -2.38. The van der Waals surface area contributed by atoms with Crippen molar-refractivity contribution < 1.29 is 19.1 Å². The lowest BCUT2D eigenvalue weighted by molar-refractivity contribution is -0.143. The summed E-state index contributed by atoms with van der Waals surface area (Å²) in [4.78, 5) is 30.6. The summed E-state index contributed by atoms with van der Waals surface area (Å²) in [7, 11) is 2.92. The molecular weight excluding hydrogens is 584 g/mol. The van der Waals surface area contributed by atoms with Crippen molar-refractivity contribution in [2.45, 2.75) is 83.2 Å².